The molecule has 2 aliphatic rings. The van der Waals surface area contributed by atoms with Crippen LogP contribution in [0, 0.1) is 5.92 Å². The highest BCUT2D eigenvalue weighted by atomic mass is 32.2. The van der Waals surface area contributed by atoms with Crippen molar-refractivity contribution < 1.29 is 60.0 Å². The Labute approximate surface area is 145 Å². The molecule has 2 bridgehead atoms. The maximum Gasteiger partial charge on any atom is 0.425 e. The average Bonchev–Trinajstić information content (AvgIpc) is 2.80. The molecule has 150 valence electrons. The highest BCUT2D eigenvalue weighted by Gasteiger charge is 2.79. The largest absolute Gasteiger partial charge is 0.458 e. The van der Waals surface area contributed by atoms with Crippen molar-refractivity contribution in [3.8, 4) is 0 Å². The minimum absolute atomic E-state index is 0.0110. The summed E-state index contributed by atoms with van der Waals surface area (Å²) < 4.78 is 87.0. The van der Waals surface area contributed by atoms with E-state index in [1.807, 2.05) is 0 Å². The summed E-state index contributed by atoms with van der Waals surface area (Å²) in [6, 6.07) is 0. The SMILES string of the molecule is CC1(OC(=O)C(SOOO)(C(F)(F)F)C(F)(F)F)CCC2CC1OC2=O. The maximum absolute atomic E-state index is 13.2. The van der Waals surface area contributed by atoms with Gasteiger partial charge in [-0.25, -0.2) is 10.1 Å². The van der Waals surface area contributed by atoms with Gasteiger partial charge in [-0.1, -0.05) is 5.04 Å². The summed E-state index contributed by atoms with van der Waals surface area (Å²) in [4.78, 5) is 23.5. The van der Waals surface area contributed by atoms with Crippen molar-refractivity contribution in [2.24, 2.45) is 5.92 Å². The van der Waals surface area contributed by atoms with Crippen molar-refractivity contribution in [2.45, 2.75) is 55.0 Å². The van der Waals surface area contributed by atoms with E-state index < -0.39 is 58.7 Å². The fourth-order valence-corrected chi connectivity index (χ4v) is 3.29. The quantitative estimate of drug-likeness (QED) is 0.241. The second-order valence-electron chi connectivity index (χ2n) is 6.00. The van der Waals surface area contributed by atoms with Gasteiger partial charge in [0.1, 0.15) is 11.7 Å². The van der Waals surface area contributed by atoms with E-state index in [1.54, 1.807) is 0 Å². The molecular weight excluding hydrogens is 402 g/mol. The van der Waals surface area contributed by atoms with Crippen molar-refractivity contribution in [1.29, 1.82) is 0 Å². The molecular formula is C12H12F6O7S. The van der Waals surface area contributed by atoms with Gasteiger partial charge in [-0.3, -0.25) is 4.79 Å². The maximum atomic E-state index is 13.2. The number of rotatable bonds is 5. The summed E-state index contributed by atoms with van der Waals surface area (Å²) in [6.45, 7) is 1.08. The molecule has 0 radical (unpaired) electrons. The van der Waals surface area contributed by atoms with Gasteiger partial charge >= 0.3 is 29.0 Å². The lowest BCUT2D eigenvalue weighted by Crippen LogP contribution is -2.62. The van der Waals surface area contributed by atoms with Crippen LogP contribution in [0.25, 0.3) is 0 Å². The minimum atomic E-state index is -6.22. The fourth-order valence-electron chi connectivity index (χ4n) is 2.86. The Bertz CT molecular complexity index is 565. The number of carbonyl (C=O) groups is 2. The number of esters is 2. The third-order valence-corrected chi connectivity index (χ3v) is 5.37. The highest BCUT2D eigenvalue weighted by Crippen LogP contribution is 2.54. The number of hydrogen-bond donors (Lipinski definition) is 1. The first kappa shape index (κ1) is 21.1. The van der Waals surface area contributed by atoms with Gasteiger partial charge in [0.25, 0.3) is 0 Å². The van der Waals surface area contributed by atoms with E-state index in [1.165, 1.54) is 0 Å². The number of halogens is 6. The molecule has 3 unspecified atom stereocenters. The second-order valence-corrected chi connectivity index (χ2v) is 6.92. The zero-order valence-corrected chi connectivity index (χ0v) is 13.7. The van der Waals surface area contributed by atoms with E-state index in [0.717, 1.165) is 6.92 Å². The lowest BCUT2D eigenvalue weighted by atomic mass is 9.79. The van der Waals surface area contributed by atoms with Crippen molar-refractivity contribution in [3.63, 3.8) is 0 Å². The van der Waals surface area contributed by atoms with Gasteiger partial charge in [0.05, 0.1) is 18.0 Å². The summed E-state index contributed by atoms with van der Waals surface area (Å²) in [5.41, 5.74) is -1.89. The first-order valence-electron chi connectivity index (χ1n) is 7.02. The molecule has 0 aromatic carbocycles. The third kappa shape index (κ3) is 3.34. The van der Waals surface area contributed by atoms with E-state index in [9.17, 15) is 35.9 Å². The van der Waals surface area contributed by atoms with E-state index >= 15 is 0 Å². The Morgan fingerprint density at radius 1 is 1.27 bits per heavy atom. The molecule has 26 heavy (non-hydrogen) atoms. The van der Waals surface area contributed by atoms with E-state index in [-0.39, 0.29) is 19.3 Å². The zero-order valence-electron chi connectivity index (χ0n) is 12.8. The molecule has 14 heteroatoms. The molecule has 1 saturated heterocycles. The number of carbonyl (C=O) groups excluding carboxylic acids is 2. The van der Waals surface area contributed by atoms with Gasteiger partial charge < -0.3 is 9.47 Å². The van der Waals surface area contributed by atoms with Crippen LogP contribution < -0.4 is 0 Å². The first-order chi connectivity index (χ1) is 11.8. The Balaban J connectivity index is 2.36. The smallest absolute Gasteiger partial charge is 0.425 e. The number of hydrogen-bond acceptors (Lipinski definition) is 8. The number of alkyl halides is 6. The highest BCUT2D eigenvalue weighted by molar-refractivity contribution is 7.96. The molecule has 3 atom stereocenters. The Kier molecular flexibility index (Phi) is 5.45. The minimum Gasteiger partial charge on any atom is -0.458 e. The van der Waals surface area contributed by atoms with Crippen LogP contribution >= 0.6 is 12.0 Å². The van der Waals surface area contributed by atoms with Gasteiger partial charge in [0, 0.05) is 6.42 Å². The summed E-state index contributed by atoms with van der Waals surface area (Å²) >= 11 is -1.51. The molecule has 1 saturated carbocycles. The Morgan fingerprint density at radius 2 is 1.85 bits per heavy atom. The summed E-state index contributed by atoms with van der Waals surface area (Å²) in [5, 5.41) is 10.7. The molecule has 1 aliphatic carbocycles. The van der Waals surface area contributed by atoms with Crippen LogP contribution in [0.5, 0.6) is 0 Å². The molecule has 2 rings (SSSR count). The van der Waals surface area contributed by atoms with E-state index in [4.69, 9.17) is 9.99 Å². The molecule has 2 fully saturated rings. The first-order valence-corrected chi connectivity index (χ1v) is 7.76. The predicted octanol–water partition coefficient (Wildman–Crippen LogP) is 2.95. The standard InChI is InChI=1S/C12H12F6O7S/c1-9(3-2-5-4-6(9)22-7(5)19)23-8(20)10(11(13,14)15,12(16,17)18)26-25-24-21/h5-6,21H,2-4H2,1H3. The van der Waals surface area contributed by atoms with Crippen LogP contribution in [0.15, 0.2) is 0 Å². The molecule has 1 N–H and O–H groups in total. The molecule has 7 nitrogen and oxygen atoms in total. The van der Waals surface area contributed by atoms with Crippen LogP contribution in [-0.2, 0) is 28.4 Å². The summed E-state index contributed by atoms with van der Waals surface area (Å²) in [6.07, 6.45) is -13.7. The molecule has 0 amide bonds. The summed E-state index contributed by atoms with van der Waals surface area (Å²) in [7, 11) is 0. The van der Waals surface area contributed by atoms with Crippen molar-refractivity contribution in [2.75, 3.05) is 0 Å². The van der Waals surface area contributed by atoms with Crippen molar-refractivity contribution in [1.82, 2.24) is 0 Å². The molecule has 0 aromatic heterocycles. The van der Waals surface area contributed by atoms with Gasteiger partial charge in [-0.15, -0.1) is 4.33 Å². The van der Waals surface area contributed by atoms with Gasteiger partial charge in [0.2, 0.25) is 0 Å². The van der Waals surface area contributed by atoms with Crippen LogP contribution in [-0.4, -0.2) is 46.0 Å². The Hall–Kier alpha value is -1.25. The molecule has 1 aliphatic heterocycles. The van der Waals surface area contributed by atoms with Gasteiger partial charge in [-0.2, -0.15) is 26.3 Å². The predicted molar refractivity (Wildman–Crippen MR) is 68.9 cm³/mol. The van der Waals surface area contributed by atoms with Crippen LogP contribution in [0.2, 0.25) is 0 Å². The topological polar surface area (TPSA) is 91.3 Å². The third-order valence-electron chi connectivity index (χ3n) is 4.36. The van der Waals surface area contributed by atoms with Crippen LogP contribution in [0.4, 0.5) is 26.3 Å². The number of ether oxygens (including phenoxy) is 2. The fraction of sp³-hybridized carbons (Fsp3) is 0.833. The molecule has 1 heterocycles. The van der Waals surface area contributed by atoms with Crippen molar-refractivity contribution >= 4 is 24.0 Å². The lowest BCUT2D eigenvalue weighted by Gasteiger charge is -2.40. The van der Waals surface area contributed by atoms with Crippen LogP contribution in [0.1, 0.15) is 26.2 Å². The second kappa shape index (κ2) is 6.73. The van der Waals surface area contributed by atoms with E-state index in [0.29, 0.717) is 0 Å². The normalized spacial score (nSPS) is 29.5. The van der Waals surface area contributed by atoms with Crippen molar-refractivity contribution in [3.05, 3.63) is 0 Å². The van der Waals surface area contributed by atoms with Gasteiger partial charge in [0.15, 0.2) is 0 Å². The number of fused-ring (bicyclic) bond motifs is 2. The lowest BCUT2D eigenvalue weighted by molar-refractivity contribution is -0.434. The zero-order chi connectivity index (χ0) is 20.0. The van der Waals surface area contributed by atoms with E-state index in [2.05, 4.69) is 14.1 Å². The average molecular weight is 414 g/mol. The van der Waals surface area contributed by atoms with Crippen LogP contribution in [0.3, 0.4) is 0 Å². The molecule has 0 aromatic rings. The van der Waals surface area contributed by atoms with Gasteiger partial charge in [-0.05, 0) is 19.8 Å². The molecule has 0 spiro atoms. The Morgan fingerprint density at radius 3 is 2.35 bits per heavy atom. The summed E-state index contributed by atoms with van der Waals surface area (Å²) in [5.74, 6) is -3.93. The monoisotopic (exact) mass is 414 g/mol.